The van der Waals surface area contributed by atoms with Gasteiger partial charge in [-0.15, -0.1) is 0 Å². The number of nitrogens with one attached hydrogen (secondary N) is 1. The number of carbonyl (C=O) groups excluding carboxylic acids is 1. The first-order valence-corrected chi connectivity index (χ1v) is 7.67. The number of amides is 1. The van der Waals surface area contributed by atoms with Gasteiger partial charge in [0.25, 0.3) is 0 Å². The highest BCUT2D eigenvalue weighted by Gasteiger charge is 2.15. The molecular formula is C17H27NO5. The fourth-order valence-electron chi connectivity index (χ4n) is 2.05. The van der Waals surface area contributed by atoms with Crippen molar-refractivity contribution in [2.24, 2.45) is 0 Å². The summed E-state index contributed by atoms with van der Waals surface area (Å²) in [7, 11) is 3.01. The number of hydrogen-bond acceptors (Lipinski definition) is 5. The maximum absolute atomic E-state index is 11.5. The second-order valence-electron chi connectivity index (χ2n) is 6.23. The van der Waals surface area contributed by atoms with Crippen LogP contribution in [0.3, 0.4) is 0 Å². The zero-order valence-electron chi connectivity index (χ0n) is 14.6. The van der Waals surface area contributed by atoms with Gasteiger partial charge in [0.15, 0.2) is 11.5 Å². The van der Waals surface area contributed by atoms with E-state index in [-0.39, 0.29) is 5.75 Å². The van der Waals surface area contributed by atoms with Crippen molar-refractivity contribution in [3.8, 4) is 17.2 Å². The highest BCUT2D eigenvalue weighted by Crippen LogP contribution is 2.37. The van der Waals surface area contributed by atoms with Crippen LogP contribution < -0.4 is 14.8 Å². The fourth-order valence-corrected chi connectivity index (χ4v) is 2.05. The van der Waals surface area contributed by atoms with Crippen molar-refractivity contribution in [1.82, 2.24) is 5.32 Å². The van der Waals surface area contributed by atoms with Crippen molar-refractivity contribution in [3.63, 3.8) is 0 Å². The van der Waals surface area contributed by atoms with Crippen LogP contribution in [0.25, 0.3) is 0 Å². The molecule has 6 heteroatoms. The van der Waals surface area contributed by atoms with Crippen LogP contribution in [0.15, 0.2) is 12.1 Å². The lowest BCUT2D eigenvalue weighted by atomic mass is 10.1. The summed E-state index contributed by atoms with van der Waals surface area (Å²) in [6, 6.07) is 3.58. The van der Waals surface area contributed by atoms with Gasteiger partial charge in [0.1, 0.15) is 5.60 Å². The standard InChI is InChI=1S/C17H27NO5/c1-17(2,3)23-16(20)18-9-7-6-8-12-10-13(21-4)15(19)14(11-12)22-5/h10-11,19H,6-9H2,1-5H3,(H,18,20). The first-order chi connectivity index (χ1) is 10.8. The van der Waals surface area contributed by atoms with E-state index >= 15 is 0 Å². The molecule has 0 spiro atoms. The Morgan fingerprint density at radius 3 is 2.17 bits per heavy atom. The highest BCUT2D eigenvalue weighted by molar-refractivity contribution is 5.67. The number of rotatable bonds is 7. The van der Waals surface area contributed by atoms with Crippen molar-refractivity contribution < 1.29 is 24.1 Å². The molecule has 1 rings (SSSR count). The Kier molecular flexibility index (Phi) is 7.00. The van der Waals surface area contributed by atoms with Crippen molar-refractivity contribution in [1.29, 1.82) is 0 Å². The fraction of sp³-hybridized carbons (Fsp3) is 0.588. The third-order valence-corrected chi connectivity index (χ3v) is 3.10. The van der Waals surface area contributed by atoms with Gasteiger partial charge in [0.05, 0.1) is 14.2 Å². The van der Waals surface area contributed by atoms with E-state index in [9.17, 15) is 9.90 Å². The van der Waals surface area contributed by atoms with Gasteiger partial charge < -0.3 is 24.6 Å². The number of hydrogen-bond donors (Lipinski definition) is 2. The number of ether oxygens (including phenoxy) is 3. The van der Waals surface area contributed by atoms with E-state index in [2.05, 4.69) is 5.32 Å². The van der Waals surface area contributed by atoms with Gasteiger partial charge in [-0.2, -0.15) is 0 Å². The summed E-state index contributed by atoms with van der Waals surface area (Å²) < 4.78 is 15.4. The molecule has 23 heavy (non-hydrogen) atoms. The van der Waals surface area contributed by atoms with E-state index in [1.165, 1.54) is 14.2 Å². The van der Waals surface area contributed by atoms with Gasteiger partial charge in [-0.3, -0.25) is 0 Å². The van der Waals surface area contributed by atoms with Gasteiger partial charge in [-0.05, 0) is 57.7 Å². The number of unbranched alkanes of at least 4 members (excludes halogenated alkanes) is 1. The molecule has 130 valence electrons. The SMILES string of the molecule is COc1cc(CCCCNC(=O)OC(C)(C)C)cc(OC)c1O. The van der Waals surface area contributed by atoms with Gasteiger partial charge in [-0.1, -0.05) is 0 Å². The summed E-state index contributed by atoms with van der Waals surface area (Å²) in [5, 5.41) is 12.6. The van der Waals surface area contributed by atoms with Gasteiger partial charge in [0, 0.05) is 6.54 Å². The first-order valence-electron chi connectivity index (χ1n) is 7.67. The highest BCUT2D eigenvalue weighted by atomic mass is 16.6. The van der Waals surface area contributed by atoms with E-state index in [1.54, 1.807) is 12.1 Å². The normalized spacial score (nSPS) is 11.0. The Morgan fingerprint density at radius 2 is 1.70 bits per heavy atom. The van der Waals surface area contributed by atoms with Crippen LogP contribution >= 0.6 is 0 Å². The molecule has 0 aromatic heterocycles. The van der Waals surface area contributed by atoms with E-state index in [0.29, 0.717) is 18.0 Å². The summed E-state index contributed by atoms with van der Waals surface area (Å²) >= 11 is 0. The molecule has 0 saturated heterocycles. The minimum atomic E-state index is -0.483. The largest absolute Gasteiger partial charge is 0.502 e. The molecule has 0 unspecified atom stereocenters. The molecule has 1 aromatic carbocycles. The van der Waals surface area contributed by atoms with Crippen molar-refractivity contribution >= 4 is 6.09 Å². The number of phenols is 1. The lowest BCUT2D eigenvalue weighted by Gasteiger charge is -2.19. The third-order valence-electron chi connectivity index (χ3n) is 3.10. The minimum absolute atomic E-state index is 0.00495. The second kappa shape index (κ2) is 8.50. The van der Waals surface area contributed by atoms with Crippen LogP contribution in [0.5, 0.6) is 17.2 Å². The summed E-state index contributed by atoms with van der Waals surface area (Å²) in [5.74, 6) is 0.794. The quantitative estimate of drug-likeness (QED) is 0.753. The Bertz CT molecular complexity index is 497. The molecule has 0 atom stereocenters. The lowest BCUT2D eigenvalue weighted by Crippen LogP contribution is -2.33. The number of aromatic hydroxyl groups is 1. The van der Waals surface area contributed by atoms with Crippen LogP contribution in [0.4, 0.5) is 4.79 Å². The number of aryl methyl sites for hydroxylation is 1. The van der Waals surface area contributed by atoms with Crippen LogP contribution in [-0.4, -0.2) is 37.6 Å². The van der Waals surface area contributed by atoms with Crippen molar-refractivity contribution in [2.75, 3.05) is 20.8 Å². The van der Waals surface area contributed by atoms with Crippen LogP contribution in [-0.2, 0) is 11.2 Å². The third kappa shape index (κ3) is 6.67. The van der Waals surface area contributed by atoms with E-state index < -0.39 is 11.7 Å². The topological polar surface area (TPSA) is 77.0 Å². The number of alkyl carbamates (subject to hydrolysis) is 1. The summed E-state index contributed by atoms with van der Waals surface area (Å²) in [6.45, 7) is 6.05. The number of benzene rings is 1. The van der Waals surface area contributed by atoms with Crippen LogP contribution in [0, 0.1) is 0 Å². The Hall–Kier alpha value is -2.11. The van der Waals surface area contributed by atoms with Crippen LogP contribution in [0.2, 0.25) is 0 Å². The molecule has 0 fully saturated rings. The molecule has 0 bridgehead atoms. The number of phenolic OH excluding ortho intramolecular Hbond substituents is 1. The Morgan fingerprint density at radius 1 is 1.13 bits per heavy atom. The van der Waals surface area contributed by atoms with E-state index in [4.69, 9.17) is 14.2 Å². The monoisotopic (exact) mass is 325 g/mol. The summed E-state index contributed by atoms with van der Waals surface area (Å²) in [5.41, 5.74) is 0.525. The van der Waals surface area contributed by atoms with E-state index in [1.807, 2.05) is 20.8 Å². The molecule has 1 amide bonds. The summed E-state index contributed by atoms with van der Waals surface area (Å²) in [6.07, 6.45) is 2.10. The number of carbonyl (C=O) groups is 1. The minimum Gasteiger partial charge on any atom is -0.502 e. The molecule has 2 N–H and O–H groups in total. The lowest BCUT2D eigenvalue weighted by molar-refractivity contribution is 0.0527. The summed E-state index contributed by atoms with van der Waals surface area (Å²) in [4.78, 5) is 11.5. The van der Waals surface area contributed by atoms with Crippen molar-refractivity contribution in [3.05, 3.63) is 17.7 Å². The maximum atomic E-state index is 11.5. The molecule has 1 aromatic rings. The zero-order chi connectivity index (χ0) is 17.5. The zero-order valence-corrected chi connectivity index (χ0v) is 14.6. The van der Waals surface area contributed by atoms with Gasteiger partial charge in [0.2, 0.25) is 5.75 Å². The average Bonchev–Trinajstić information content (AvgIpc) is 2.46. The molecule has 6 nitrogen and oxygen atoms in total. The number of methoxy groups -OCH3 is 2. The smallest absolute Gasteiger partial charge is 0.407 e. The average molecular weight is 325 g/mol. The second-order valence-corrected chi connectivity index (χ2v) is 6.23. The first kappa shape index (κ1) is 18.9. The van der Waals surface area contributed by atoms with E-state index in [0.717, 1.165) is 24.8 Å². The maximum Gasteiger partial charge on any atom is 0.407 e. The predicted molar refractivity (Wildman–Crippen MR) is 88.4 cm³/mol. The van der Waals surface area contributed by atoms with Gasteiger partial charge >= 0.3 is 6.09 Å². The molecule has 0 radical (unpaired) electrons. The van der Waals surface area contributed by atoms with Crippen LogP contribution in [0.1, 0.15) is 39.2 Å². The molecule has 0 aliphatic carbocycles. The molecule has 0 heterocycles. The molecular weight excluding hydrogens is 298 g/mol. The molecule has 0 aliphatic rings. The Labute approximate surface area is 137 Å². The van der Waals surface area contributed by atoms with Crippen molar-refractivity contribution in [2.45, 2.75) is 45.6 Å². The molecule has 0 aliphatic heterocycles. The molecule has 0 saturated carbocycles. The van der Waals surface area contributed by atoms with Gasteiger partial charge in [-0.25, -0.2) is 4.79 Å². The Balaban J connectivity index is 2.40. The predicted octanol–water partition coefficient (Wildman–Crippen LogP) is 3.26.